The van der Waals surface area contributed by atoms with Crippen LogP contribution in [0.1, 0.15) is 5.76 Å². The minimum absolute atomic E-state index is 0.789. The van der Waals surface area contributed by atoms with Gasteiger partial charge in [-0.05, 0) is 25.1 Å². The van der Waals surface area contributed by atoms with Gasteiger partial charge in [0, 0.05) is 11.6 Å². The van der Waals surface area contributed by atoms with Gasteiger partial charge in [0.15, 0.2) is 0 Å². The fourth-order valence-electron chi connectivity index (χ4n) is 1.26. The van der Waals surface area contributed by atoms with Crippen LogP contribution in [0.4, 0.5) is 0 Å². The molecule has 0 aliphatic rings. The second-order valence-electron chi connectivity index (χ2n) is 3.04. The maximum atomic E-state index is 5.61. The van der Waals surface area contributed by atoms with E-state index in [4.69, 9.17) is 4.42 Å². The van der Waals surface area contributed by atoms with Gasteiger partial charge in [-0.3, -0.25) is 4.98 Å². The van der Waals surface area contributed by atoms with Crippen molar-refractivity contribution in [1.82, 2.24) is 4.98 Å². The Hall–Kier alpha value is -1.83. The van der Waals surface area contributed by atoms with Crippen molar-refractivity contribution in [3.8, 4) is 0 Å². The lowest BCUT2D eigenvalue weighted by atomic mass is 10.2. The molecule has 0 aliphatic heterocycles. The van der Waals surface area contributed by atoms with Crippen LogP contribution in [0, 0.1) is 6.92 Å². The van der Waals surface area contributed by atoms with E-state index in [0.717, 1.165) is 16.7 Å². The smallest absolute Gasteiger partial charge is 0.134 e. The van der Waals surface area contributed by atoms with Crippen LogP contribution in [-0.2, 0) is 0 Å². The summed E-state index contributed by atoms with van der Waals surface area (Å²) in [6.45, 7) is 1.89. The summed E-state index contributed by atoms with van der Waals surface area (Å²) in [5, 5.41) is 1.06. The molecule has 0 amide bonds. The van der Waals surface area contributed by atoms with Gasteiger partial charge in [0.05, 0.1) is 6.20 Å². The second kappa shape index (κ2) is 3.92. The molecule has 0 saturated heterocycles. The van der Waals surface area contributed by atoms with Crippen LogP contribution in [0.15, 0.2) is 53.2 Å². The molecule has 2 aromatic rings. The van der Waals surface area contributed by atoms with E-state index in [2.05, 4.69) is 4.98 Å². The van der Waals surface area contributed by atoms with Crippen LogP contribution >= 0.6 is 0 Å². The van der Waals surface area contributed by atoms with Crippen LogP contribution in [0.25, 0.3) is 11.0 Å². The predicted octanol–water partition coefficient (Wildman–Crippen LogP) is 3.26. The van der Waals surface area contributed by atoms with Crippen molar-refractivity contribution in [3.63, 3.8) is 0 Å². The molecule has 0 bridgehead atoms. The van der Waals surface area contributed by atoms with Crippen molar-refractivity contribution in [2.75, 3.05) is 0 Å². The van der Waals surface area contributed by atoms with Gasteiger partial charge in [-0.15, -0.1) is 0 Å². The van der Waals surface area contributed by atoms with E-state index in [1.807, 2.05) is 43.3 Å². The highest BCUT2D eigenvalue weighted by atomic mass is 16.3. The average Bonchev–Trinajstić information content (AvgIpc) is 2.27. The molecule has 0 unspecified atom stereocenters. The first kappa shape index (κ1) is 8.75. The van der Waals surface area contributed by atoms with Crippen LogP contribution in [-0.4, -0.2) is 4.98 Å². The van der Waals surface area contributed by atoms with E-state index in [-0.39, 0.29) is 0 Å². The molecule has 1 heterocycles. The van der Waals surface area contributed by atoms with Crippen LogP contribution in [0.2, 0.25) is 0 Å². The van der Waals surface area contributed by atoms with E-state index in [0.29, 0.717) is 0 Å². The van der Waals surface area contributed by atoms with Crippen LogP contribution in [0.5, 0.6) is 0 Å². The monoisotopic (exact) mass is 185 g/mol. The van der Waals surface area contributed by atoms with Gasteiger partial charge in [0.25, 0.3) is 0 Å². The van der Waals surface area contributed by atoms with Crippen molar-refractivity contribution < 1.29 is 4.42 Å². The molecule has 0 N–H and O–H groups in total. The van der Waals surface area contributed by atoms with E-state index in [1.165, 1.54) is 0 Å². The Balaban J connectivity index is 2.86. The van der Waals surface area contributed by atoms with Gasteiger partial charge >= 0.3 is 0 Å². The Morgan fingerprint density at radius 3 is 2.79 bits per heavy atom. The summed E-state index contributed by atoms with van der Waals surface area (Å²) in [4.78, 5) is 4.06. The molecular formula is C12H11NO. The zero-order valence-corrected chi connectivity index (χ0v) is 7.97. The van der Waals surface area contributed by atoms with Gasteiger partial charge in [0.1, 0.15) is 11.3 Å². The number of para-hydroxylation sites is 1. The largest absolute Gasteiger partial charge is 0.460 e. The predicted molar refractivity (Wildman–Crippen MR) is 56.4 cm³/mol. The molecule has 1 aromatic heterocycles. The van der Waals surface area contributed by atoms with Gasteiger partial charge in [-0.1, -0.05) is 18.2 Å². The number of rotatable bonds is 0. The highest BCUT2D eigenvalue weighted by Gasteiger charge is 1.88. The summed E-state index contributed by atoms with van der Waals surface area (Å²) < 4.78 is 5.61. The third-order valence-electron chi connectivity index (χ3n) is 1.89. The first-order chi connectivity index (χ1) is 6.86. The molecule has 0 radical (unpaired) electrons. The van der Waals surface area contributed by atoms with Crippen molar-refractivity contribution >= 4 is 11.0 Å². The van der Waals surface area contributed by atoms with E-state index in [9.17, 15) is 0 Å². The van der Waals surface area contributed by atoms with Crippen molar-refractivity contribution in [2.24, 2.45) is 0 Å². The third-order valence-corrected chi connectivity index (χ3v) is 1.89. The number of benzene rings is 1. The minimum Gasteiger partial charge on any atom is -0.460 e. The number of fused-ring (bicyclic) bond motifs is 1. The molecular weight excluding hydrogens is 174 g/mol. The van der Waals surface area contributed by atoms with Gasteiger partial charge in [-0.25, -0.2) is 0 Å². The third kappa shape index (κ3) is 1.91. The Labute approximate surface area is 82.5 Å². The molecule has 0 fully saturated rings. The number of hydrogen-bond donors (Lipinski definition) is 0. The summed E-state index contributed by atoms with van der Waals surface area (Å²) >= 11 is 0. The summed E-state index contributed by atoms with van der Waals surface area (Å²) in [6.07, 6.45) is 3.45. The van der Waals surface area contributed by atoms with Crippen LogP contribution < -0.4 is 0 Å². The molecule has 2 rings (SSSR count). The van der Waals surface area contributed by atoms with E-state index >= 15 is 0 Å². The minimum atomic E-state index is 0.789. The van der Waals surface area contributed by atoms with Gasteiger partial charge < -0.3 is 4.42 Å². The fraction of sp³-hybridized carbons (Fsp3) is 0.0833. The van der Waals surface area contributed by atoms with E-state index < -0.39 is 0 Å². The molecule has 0 spiro atoms. The Morgan fingerprint density at radius 2 is 1.86 bits per heavy atom. The standard InChI is InChI=1S/C12H11NO/c1-10-9-13-8-4-6-11-5-2-3-7-12(11)14-10/h2-9H,1H3. The Morgan fingerprint density at radius 1 is 1.07 bits per heavy atom. The number of aromatic nitrogens is 1. The lowest BCUT2D eigenvalue weighted by molar-refractivity contribution is 0.566. The number of aryl methyl sites for hydroxylation is 1. The van der Waals surface area contributed by atoms with Crippen LogP contribution in [0.3, 0.4) is 0 Å². The topological polar surface area (TPSA) is 26.0 Å². The van der Waals surface area contributed by atoms with Crippen molar-refractivity contribution in [2.45, 2.75) is 6.92 Å². The zero-order valence-electron chi connectivity index (χ0n) is 7.97. The number of hydrogen-bond acceptors (Lipinski definition) is 2. The summed E-state index contributed by atoms with van der Waals surface area (Å²) in [5.41, 5.74) is 0.864. The Bertz CT molecular complexity index is 486. The molecule has 70 valence electrons. The average molecular weight is 185 g/mol. The van der Waals surface area contributed by atoms with Gasteiger partial charge in [-0.2, -0.15) is 0 Å². The number of nitrogens with zero attached hydrogens (tertiary/aromatic N) is 1. The normalized spacial score (nSPS) is 9.79. The molecule has 0 atom stereocenters. The molecule has 1 aromatic carbocycles. The summed E-state index contributed by atoms with van der Waals surface area (Å²) in [5.74, 6) is 0.789. The molecule has 2 heteroatoms. The molecule has 0 aliphatic carbocycles. The first-order valence-electron chi connectivity index (χ1n) is 4.50. The second-order valence-corrected chi connectivity index (χ2v) is 3.04. The molecule has 2 nitrogen and oxygen atoms in total. The lowest BCUT2D eigenvalue weighted by Gasteiger charge is -1.91. The maximum Gasteiger partial charge on any atom is 0.134 e. The van der Waals surface area contributed by atoms with Gasteiger partial charge in [0.2, 0.25) is 0 Å². The molecule has 0 saturated carbocycles. The maximum absolute atomic E-state index is 5.61. The molecule has 14 heavy (non-hydrogen) atoms. The highest BCUT2D eigenvalue weighted by Crippen LogP contribution is 2.10. The zero-order chi connectivity index (χ0) is 9.80. The van der Waals surface area contributed by atoms with Crippen molar-refractivity contribution in [3.05, 3.63) is 54.6 Å². The fourth-order valence-corrected chi connectivity index (χ4v) is 1.26. The quantitative estimate of drug-likeness (QED) is 0.629. The summed E-state index contributed by atoms with van der Waals surface area (Å²) in [7, 11) is 0. The van der Waals surface area contributed by atoms with E-state index in [1.54, 1.807) is 12.4 Å². The Kier molecular flexibility index (Phi) is 2.45. The lowest BCUT2D eigenvalue weighted by Crippen LogP contribution is -1.68. The summed E-state index contributed by atoms with van der Waals surface area (Å²) in [6, 6.07) is 11.8. The first-order valence-corrected chi connectivity index (χ1v) is 4.50. The highest BCUT2D eigenvalue weighted by molar-refractivity contribution is 5.75. The SMILES string of the molecule is Cc1cncccc2ccccc2o1. The van der Waals surface area contributed by atoms with Crippen molar-refractivity contribution in [1.29, 1.82) is 0 Å².